The van der Waals surface area contributed by atoms with Crippen molar-refractivity contribution in [2.75, 3.05) is 26.2 Å². The molecule has 0 radical (unpaired) electrons. The number of carbonyl (C=O) groups is 3. The summed E-state index contributed by atoms with van der Waals surface area (Å²) >= 11 is 0. The molecule has 0 aromatic heterocycles. The van der Waals surface area contributed by atoms with Crippen LogP contribution in [0.15, 0.2) is 24.3 Å². The van der Waals surface area contributed by atoms with E-state index in [-0.39, 0.29) is 36.0 Å². The summed E-state index contributed by atoms with van der Waals surface area (Å²) in [6.45, 7) is 11.0. The number of benzene rings is 1. The van der Waals surface area contributed by atoms with Gasteiger partial charge in [-0.1, -0.05) is 12.1 Å². The Hall–Kier alpha value is -2.64. The molecule has 0 saturated carbocycles. The fraction of sp³-hybridized carbons (Fsp3) is 0.625. The number of hydrogen-bond donors (Lipinski definition) is 1. The molecule has 2 atom stereocenters. The lowest BCUT2D eigenvalue weighted by Gasteiger charge is -2.33. The van der Waals surface area contributed by atoms with E-state index in [0.717, 1.165) is 12.0 Å². The third kappa shape index (κ3) is 7.80. The summed E-state index contributed by atoms with van der Waals surface area (Å²) in [5, 5.41) is 2.93. The Morgan fingerprint density at radius 2 is 1.91 bits per heavy atom. The lowest BCUT2D eigenvalue weighted by atomic mass is 9.96. The van der Waals surface area contributed by atoms with Gasteiger partial charge in [0.1, 0.15) is 11.4 Å². The van der Waals surface area contributed by atoms with Gasteiger partial charge in [-0.2, -0.15) is 0 Å². The minimum Gasteiger partial charge on any atom is -0.444 e. The van der Waals surface area contributed by atoms with Gasteiger partial charge in [-0.25, -0.2) is 9.18 Å². The highest BCUT2D eigenvalue weighted by molar-refractivity contribution is 5.82. The fourth-order valence-corrected chi connectivity index (χ4v) is 3.75. The third-order valence-electron chi connectivity index (χ3n) is 5.49. The van der Waals surface area contributed by atoms with Gasteiger partial charge >= 0.3 is 6.09 Å². The van der Waals surface area contributed by atoms with Crippen LogP contribution in [0.2, 0.25) is 0 Å². The number of piperidine rings is 1. The molecule has 8 heteroatoms. The van der Waals surface area contributed by atoms with E-state index in [1.807, 2.05) is 34.6 Å². The standard InChI is InChI=1S/C24H36FN3O4/c1-6-28(23(31)32-24(3,4)5)17(2)15-26-22(30)19-8-7-13-27(16-19)21(29)14-18-9-11-20(25)12-10-18/h9-12,17,19H,6-8,13-16H2,1-5H3,(H,26,30)/t17-,19+/m1/s1. The highest BCUT2D eigenvalue weighted by Gasteiger charge is 2.30. The molecule has 1 aliphatic rings. The summed E-state index contributed by atoms with van der Waals surface area (Å²) in [5.41, 5.74) is 0.165. The molecule has 1 saturated heterocycles. The third-order valence-corrected chi connectivity index (χ3v) is 5.49. The van der Waals surface area contributed by atoms with Crippen molar-refractivity contribution in [2.24, 2.45) is 5.92 Å². The maximum atomic E-state index is 13.1. The number of rotatable bonds is 7. The second-order valence-electron chi connectivity index (χ2n) is 9.34. The second-order valence-corrected chi connectivity index (χ2v) is 9.34. The first-order chi connectivity index (χ1) is 15.0. The average molecular weight is 450 g/mol. The smallest absolute Gasteiger partial charge is 0.410 e. The molecule has 1 aromatic rings. The zero-order chi connectivity index (χ0) is 23.9. The molecule has 1 aliphatic heterocycles. The van der Waals surface area contributed by atoms with Crippen LogP contribution in [-0.4, -0.2) is 65.5 Å². The van der Waals surface area contributed by atoms with E-state index >= 15 is 0 Å². The molecule has 178 valence electrons. The molecule has 0 aliphatic carbocycles. The van der Waals surface area contributed by atoms with Crippen LogP contribution in [0.4, 0.5) is 9.18 Å². The van der Waals surface area contributed by atoms with Crippen molar-refractivity contribution in [2.45, 2.75) is 65.5 Å². The summed E-state index contributed by atoms with van der Waals surface area (Å²) in [4.78, 5) is 41.1. The van der Waals surface area contributed by atoms with Gasteiger partial charge in [0.25, 0.3) is 0 Å². The van der Waals surface area contributed by atoms with Gasteiger partial charge in [0.2, 0.25) is 11.8 Å². The van der Waals surface area contributed by atoms with Crippen LogP contribution < -0.4 is 5.32 Å². The van der Waals surface area contributed by atoms with Gasteiger partial charge in [-0.3, -0.25) is 9.59 Å². The molecule has 32 heavy (non-hydrogen) atoms. The van der Waals surface area contributed by atoms with Crippen LogP contribution in [0.1, 0.15) is 53.0 Å². The number of likely N-dealkylation sites (N-methyl/N-ethyl adjacent to an activating group) is 1. The topological polar surface area (TPSA) is 79.0 Å². The van der Waals surface area contributed by atoms with Gasteiger partial charge < -0.3 is 19.9 Å². The molecule has 1 aromatic carbocycles. The Kier molecular flexibility index (Phi) is 9.04. The molecule has 0 spiro atoms. The molecule has 0 bridgehead atoms. The molecule has 7 nitrogen and oxygen atoms in total. The number of hydrogen-bond acceptors (Lipinski definition) is 4. The first-order valence-electron chi connectivity index (χ1n) is 11.3. The first kappa shape index (κ1) is 25.6. The predicted octanol–water partition coefficient (Wildman–Crippen LogP) is 3.37. The SMILES string of the molecule is CCN(C(=O)OC(C)(C)C)[C@H](C)CNC(=O)[C@H]1CCCN(C(=O)Cc2ccc(F)cc2)C1. The quantitative estimate of drug-likeness (QED) is 0.692. The lowest BCUT2D eigenvalue weighted by molar-refractivity contribution is -0.135. The normalized spacial score (nSPS) is 17.4. The van der Waals surface area contributed by atoms with Gasteiger partial charge in [-0.15, -0.1) is 0 Å². The minimum atomic E-state index is -0.584. The summed E-state index contributed by atoms with van der Waals surface area (Å²) < 4.78 is 18.5. The monoisotopic (exact) mass is 449 g/mol. The van der Waals surface area contributed by atoms with Crippen LogP contribution in [0.5, 0.6) is 0 Å². The van der Waals surface area contributed by atoms with E-state index in [4.69, 9.17) is 4.74 Å². The molecule has 1 heterocycles. The Balaban J connectivity index is 1.86. The largest absolute Gasteiger partial charge is 0.444 e. The van der Waals surface area contributed by atoms with E-state index in [1.165, 1.54) is 12.1 Å². The number of ether oxygens (including phenoxy) is 1. The van der Waals surface area contributed by atoms with E-state index in [1.54, 1.807) is 21.9 Å². The van der Waals surface area contributed by atoms with Crippen molar-refractivity contribution in [3.8, 4) is 0 Å². The number of carbonyl (C=O) groups excluding carboxylic acids is 3. The average Bonchev–Trinajstić information content (AvgIpc) is 2.73. The summed E-state index contributed by atoms with van der Waals surface area (Å²) in [6.07, 6.45) is 1.25. The number of halogens is 1. The van der Waals surface area contributed by atoms with Crippen LogP contribution in [0, 0.1) is 11.7 Å². The van der Waals surface area contributed by atoms with Crippen molar-refractivity contribution in [1.29, 1.82) is 0 Å². The Bertz CT molecular complexity index is 791. The van der Waals surface area contributed by atoms with Crippen molar-refractivity contribution < 1.29 is 23.5 Å². The van der Waals surface area contributed by atoms with Crippen molar-refractivity contribution in [1.82, 2.24) is 15.1 Å². The van der Waals surface area contributed by atoms with Crippen molar-refractivity contribution in [3.05, 3.63) is 35.6 Å². The molecule has 3 amide bonds. The predicted molar refractivity (Wildman–Crippen MR) is 120 cm³/mol. The second kappa shape index (κ2) is 11.3. The van der Waals surface area contributed by atoms with E-state index < -0.39 is 11.7 Å². The fourth-order valence-electron chi connectivity index (χ4n) is 3.75. The lowest BCUT2D eigenvalue weighted by Crippen LogP contribution is -2.50. The Morgan fingerprint density at radius 1 is 1.25 bits per heavy atom. The van der Waals surface area contributed by atoms with Crippen LogP contribution in [0.25, 0.3) is 0 Å². The molecule has 1 N–H and O–H groups in total. The minimum absolute atomic E-state index is 0.0652. The van der Waals surface area contributed by atoms with Crippen LogP contribution >= 0.6 is 0 Å². The van der Waals surface area contributed by atoms with E-state index in [9.17, 15) is 18.8 Å². The van der Waals surface area contributed by atoms with Crippen molar-refractivity contribution in [3.63, 3.8) is 0 Å². The van der Waals surface area contributed by atoms with Crippen molar-refractivity contribution >= 4 is 17.9 Å². The number of likely N-dealkylation sites (tertiary alicyclic amines) is 1. The molecule has 0 unspecified atom stereocenters. The molecular formula is C24H36FN3O4. The summed E-state index contributed by atoms with van der Waals surface area (Å²) in [5.74, 6) is -0.802. The number of nitrogens with one attached hydrogen (secondary N) is 1. The summed E-state index contributed by atoms with van der Waals surface area (Å²) in [7, 11) is 0. The zero-order valence-corrected chi connectivity index (χ0v) is 19.8. The van der Waals surface area contributed by atoms with Crippen LogP contribution in [-0.2, 0) is 20.7 Å². The molecule has 1 fully saturated rings. The summed E-state index contributed by atoms with van der Waals surface area (Å²) in [6, 6.07) is 5.67. The highest BCUT2D eigenvalue weighted by Crippen LogP contribution is 2.18. The van der Waals surface area contributed by atoms with Gasteiger partial charge in [0.05, 0.1) is 12.3 Å². The number of amides is 3. The maximum Gasteiger partial charge on any atom is 0.410 e. The van der Waals surface area contributed by atoms with E-state index in [2.05, 4.69) is 5.32 Å². The molecule has 2 rings (SSSR count). The number of nitrogens with zero attached hydrogens (tertiary/aromatic N) is 2. The Morgan fingerprint density at radius 3 is 2.50 bits per heavy atom. The van der Waals surface area contributed by atoms with Gasteiger partial charge in [-0.05, 0) is 65.2 Å². The maximum absolute atomic E-state index is 13.1. The van der Waals surface area contributed by atoms with E-state index in [0.29, 0.717) is 32.6 Å². The van der Waals surface area contributed by atoms with Crippen LogP contribution in [0.3, 0.4) is 0 Å². The first-order valence-corrected chi connectivity index (χ1v) is 11.3. The Labute approximate surface area is 190 Å². The molecular weight excluding hydrogens is 413 g/mol. The van der Waals surface area contributed by atoms with Gasteiger partial charge in [0, 0.05) is 32.2 Å². The van der Waals surface area contributed by atoms with Gasteiger partial charge in [0.15, 0.2) is 0 Å². The zero-order valence-electron chi connectivity index (χ0n) is 19.8. The highest BCUT2D eigenvalue weighted by atomic mass is 19.1.